The Bertz CT molecular complexity index is 318. The Kier molecular flexibility index (Phi) is 3.93. The second kappa shape index (κ2) is 5.43. The lowest BCUT2D eigenvalue weighted by Gasteiger charge is -2.20. The molecule has 1 aromatic rings. The maximum Gasteiger partial charge on any atom is 0.228 e. The third kappa shape index (κ3) is 2.61. The lowest BCUT2D eigenvalue weighted by Crippen LogP contribution is -2.34. The molecule has 1 aliphatic carbocycles. The van der Waals surface area contributed by atoms with Gasteiger partial charge >= 0.3 is 0 Å². The highest BCUT2D eigenvalue weighted by molar-refractivity contribution is 4.92. The van der Waals surface area contributed by atoms with Gasteiger partial charge in [0.25, 0.3) is 0 Å². The summed E-state index contributed by atoms with van der Waals surface area (Å²) in [4.78, 5) is 4.37. The van der Waals surface area contributed by atoms with Crippen molar-refractivity contribution in [2.24, 2.45) is 5.92 Å². The Hall–Kier alpha value is -0.900. The molecule has 0 radical (unpaired) electrons. The molecule has 4 heteroatoms. The Labute approximate surface area is 96.8 Å². The predicted molar refractivity (Wildman–Crippen MR) is 62.2 cm³/mol. The minimum absolute atomic E-state index is 0.493. The highest BCUT2D eigenvalue weighted by Crippen LogP contribution is 2.28. The van der Waals surface area contributed by atoms with Crippen LogP contribution in [0.15, 0.2) is 4.52 Å². The Balaban J connectivity index is 1.94. The van der Waals surface area contributed by atoms with Gasteiger partial charge in [-0.05, 0) is 25.8 Å². The van der Waals surface area contributed by atoms with Gasteiger partial charge in [-0.3, -0.25) is 0 Å². The average Bonchev–Trinajstić information content (AvgIpc) is 2.96. The van der Waals surface area contributed by atoms with Crippen LogP contribution in [0.3, 0.4) is 0 Å². The molecular formula is C12H21N3O. The van der Waals surface area contributed by atoms with Crippen LogP contribution in [0.5, 0.6) is 0 Å². The first-order chi connectivity index (χ1) is 7.83. The largest absolute Gasteiger partial charge is 0.339 e. The second-order valence-electron chi connectivity index (χ2n) is 4.60. The summed E-state index contributed by atoms with van der Waals surface area (Å²) in [6, 6.07) is 0.493. The van der Waals surface area contributed by atoms with E-state index in [1.807, 2.05) is 14.0 Å². The Morgan fingerprint density at radius 1 is 1.44 bits per heavy atom. The monoisotopic (exact) mass is 223 g/mol. The zero-order valence-electron chi connectivity index (χ0n) is 10.2. The summed E-state index contributed by atoms with van der Waals surface area (Å²) in [5, 5.41) is 7.33. The normalized spacial score (nSPS) is 19.1. The molecule has 1 fully saturated rings. The second-order valence-corrected chi connectivity index (χ2v) is 4.60. The fourth-order valence-electron chi connectivity index (χ4n) is 2.57. The van der Waals surface area contributed by atoms with E-state index in [0.29, 0.717) is 6.04 Å². The van der Waals surface area contributed by atoms with E-state index in [1.54, 1.807) is 0 Å². The number of nitrogens with zero attached hydrogens (tertiary/aromatic N) is 2. The van der Waals surface area contributed by atoms with Gasteiger partial charge in [0.2, 0.25) is 5.89 Å². The van der Waals surface area contributed by atoms with E-state index in [9.17, 15) is 0 Å². The van der Waals surface area contributed by atoms with Crippen LogP contribution >= 0.6 is 0 Å². The molecule has 0 bridgehead atoms. The molecule has 90 valence electrons. The molecule has 0 saturated heterocycles. The fraction of sp³-hybridized carbons (Fsp3) is 0.833. The summed E-state index contributed by atoms with van der Waals surface area (Å²) in [5.41, 5.74) is 0. The molecule has 0 aromatic carbocycles. The minimum Gasteiger partial charge on any atom is -0.339 e. The number of aryl methyl sites for hydroxylation is 1. The van der Waals surface area contributed by atoms with E-state index in [1.165, 1.54) is 25.7 Å². The van der Waals surface area contributed by atoms with Crippen LogP contribution < -0.4 is 5.32 Å². The zero-order valence-corrected chi connectivity index (χ0v) is 10.2. The van der Waals surface area contributed by atoms with Crippen molar-refractivity contribution in [1.29, 1.82) is 0 Å². The standard InChI is InChI=1S/C12H21N3O/c1-3-11-14-12(16-15-11)8-10(13-2)9-6-4-5-7-9/h9-10,13H,3-8H2,1-2H3. The maximum atomic E-state index is 5.25. The smallest absolute Gasteiger partial charge is 0.228 e. The van der Waals surface area contributed by atoms with Gasteiger partial charge in [-0.1, -0.05) is 24.9 Å². The van der Waals surface area contributed by atoms with Crippen molar-refractivity contribution in [2.75, 3.05) is 7.05 Å². The van der Waals surface area contributed by atoms with Crippen molar-refractivity contribution >= 4 is 0 Å². The van der Waals surface area contributed by atoms with Gasteiger partial charge in [-0.15, -0.1) is 0 Å². The number of hydrogen-bond acceptors (Lipinski definition) is 4. The maximum absolute atomic E-state index is 5.25. The molecule has 1 unspecified atom stereocenters. The van der Waals surface area contributed by atoms with Gasteiger partial charge in [0.1, 0.15) is 0 Å². The van der Waals surface area contributed by atoms with Crippen LogP contribution in [-0.2, 0) is 12.8 Å². The molecule has 16 heavy (non-hydrogen) atoms. The lowest BCUT2D eigenvalue weighted by atomic mass is 9.95. The first kappa shape index (κ1) is 11.6. The third-order valence-electron chi connectivity index (χ3n) is 3.56. The number of rotatable bonds is 5. The molecule has 4 nitrogen and oxygen atoms in total. The van der Waals surface area contributed by atoms with Crippen LogP contribution in [0.2, 0.25) is 0 Å². The minimum atomic E-state index is 0.493. The van der Waals surface area contributed by atoms with E-state index in [4.69, 9.17) is 4.52 Å². The van der Waals surface area contributed by atoms with Crippen LogP contribution in [0.4, 0.5) is 0 Å². The van der Waals surface area contributed by atoms with Crippen LogP contribution in [0, 0.1) is 5.92 Å². The van der Waals surface area contributed by atoms with Gasteiger partial charge < -0.3 is 9.84 Å². The zero-order chi connectivity index (χ0) is 11.4. The van der Waals surface area contributed by atoms with Crippen LogP contribution in [0.25, 0.3) is 0 Å². The molecule has 1 aromatic heterocycles. The molecule has 1 heterocycles. The van der Waals surface area contributed by atoms with E-state index >= 15 is 0 Å². The summed E-state index contributed by atoms with van der Waals surface area (Å²) in [5.74, 6) is 2.38. The van der Waals surface area contributed by atoms with E-state index < -0.39 is 0 Å². The van der Waals surface area contributed by atoms with Gasteiger partial charge in [0, 0.05) is 18.9 Å². The highest BCUT2D eigenvalue weighted by Gasteiger charge is 2.25. The van der Waals surface area contributed by atoms with E-state index in [0.717, 1.165) is 30.5 Å². The van der Waals surface area contributed by atoms with Gasteiger partial charge in [-0.2, -0.15) is 4.98 Å². The summed E-state index contributed by atoms with van der Waals surface area (Å²) in [6.07, 6.45) is 7.12. The third-order valence-corrected chi connectivity index (χ3v) is 3.56. The Morgan fingerprint density at radius 3 is 2.75 bits per heavy atom. The number of aromatic nitrogens is 2. The van der Waals surface area contributed by atoms with Crippen molar-refractivity contribution in [3.8, 4) is 0 Å². The SMILES string of the molecule is CCc1noc(CC(NC)C2CCCC2)n1. The molecule has 2 rings (SSSR count). The Morgan fingerprint density at radius 2 is 2.19 bits per heavy atom. The molecule has 0 amide bonds. The summed E-state index contributed by atoms with van der Waals surface area (Å²) in [7, 11) is 2.03. The molecule has 1 saturated carbocycles. The van der Waals surface area contributed by atoms with Crippen molar-refractivity contribution in [3.63, 3.8) is 0 Å². The van der Waals surface area contributed by atoms with Crippen molar-refractivity contribution < 1.29 is 4.52 Å². The van der Waals surface area contributed by atoms with E-state index in [2.05, 4.69) is 15.5 Å². The molecular weight excluding hydrogens is 202 g/mol. The molecule has 0 aliphatic heterocycles. The lowest BCUT2D eigenvalue weighted by molar-refractivity contribution is 0.317. The molecule has 1 atom stereocenters. The van der Waals surface area contributed by atoms with Gasteiger partial charge in [0.15, 0.2) is 5.82 Å². The summed E-state index contributed by atoms with van der Waals surface area (Å²) >= 11 is 0. The quantitative estimate of drug-likeness (QED) is 0.829. The van der Waals surface area contributed by atoms with E-state index in [-0.39, 0.29) is 0 Å². The number of likely N-dealkylation sites (N-methyl/N-ethyl adjacent to an activating group) is 1. The first-order valence-corrected chi connectivity index (χ1v) is 6.32. The van der Waals surface area contributed by atoms with Crippen molar-refractivity contribution in [1.82, 2.24) is 15.5 Å². The predicted octanol–water partition coefficient (Wildman–Crippen LogP) is 1.95. The van der Waals surface area contributed by atoms with Gasteiger partial charge in [-0.25, -0.2) is 0 Å². The number of hydrogen-bond donors (Lipinski definition) is 1. The van der Waals surface area contributed by atoms with Gasteiger partial charge in [0.05, 0.1) is 0 Å². The average molecular weight is 223 g/mol. The van der Waals surface area contributed by atoms with Crippen LogP contribution in [0.1, 0.15) is 44.3 Å². The molecule has 0 spiro atoms. The fourth-order valence-corrected chi connectivity index (χ4v) is 2.57. The molecule has 1 N–H and O–H groups in total. The topological polar surface area (TPSA) is 51.0 Å². The highest BCUT2D eigenvalue weighted by atomic mass is 16.5. The van der Waals surface area contributed by atoms with Crippen molar-refractivity contribution in [2.45, 2.75) is 51.5 Å². The summed E-state index contributed by atoms with van der Waals surface area (Å²) < 4.78 is 5.25. The van der Waals surface area contributed by atoms with Crippen molar-refractivity contribution in [3.05, 3.63) is 11.7 Å². The van der Waals surface area contributed by atoms with Crippen LogP contribution in [-0.4, -0.2) is 23.2 Å². The summed E-state index contributed by atoms with van der Waals surface area (Å²) in [6.45, 7) is 2.04. The first-order valence-electron chi connectivity index (χ1n) is 6.32. The number of nitrogens with one attached hydrogen (secondary N) is 1. The molecule has 1 aliphatic rings.